The molecule has 0 heterocycles. The Morgan fingerprint density at radius 3 is 2.67 bits per heavy atom. The van der Waals surface area contributed by atoms with Crippen molar-refractivity contribution < 1.29 is 14.7 Å². The van der Waals surface area contributed by atoms with E-state index in [1.807, 2.05) is 12.1 Å². The fraction of sp³-hybridized carbons (Fsp3) is 0.286. The van der Waals surface area contributed by atoms with E-state index >= 15 is 0 Å². The Morgan fingerprint density at radius 1 is 1.22 bits per heavy atom. The molecule has 1 aromatic carbocycles. The van der Waals surface area contributed by atoms with E-state index in [-0.39, 0.29) is 11.9 Å². The molecule has 2 N–H and O–H groups in total. The van der Waals surface area contributed by atoms with Gasteiger partial charge in [-0.3, -0.25) is 4.79 Å². The van der Waals surface area contributed by atoms with Gasteiger partial charge in [-0.25, -0.2) is 4.79 Å². The number of carboxylic acids is 1. The molecule has 0 radical (unpaired) electrons. The number of carbonyl (C=O) groups is 2. The van der Waals surface area contributed by atoms with Crippen molar-refractivity contribution in [2.45, 2.75) is 25.3 Å². The van der Waals surface area contributed by atoms with E-state index in [1.54, 1.807) is 0 Å². The Labute approximate surface area is 105 Å². The zero-order valence-corrected chi connectivity index (χ0v) is 9.93. The van der Waals surface area contributed by atoms with Crippen molar-refractivity contribution in [3.8, 4) is 0 Å². The topological polar surface area (TPSA) is 66.4 Å². The fourth-order valence-corrected chi connectivity index (χ4v) is 2.22. The van der Waals surface area contributed by atoms with Gasteiger partial charge < -0.3 is 10.4 Å². The van der Waals surface area contributed by atoms with E-state index in [2.05, 4.69) is 17.4 Å². The minimum absolute atomic E-state index is 0.0887. The first-order valence-corrected chi connectivity index (χ1v) is 5.93. The summed E-state index contributed by atoms with van der Waals surface area (Å²) < 4.78 is 0. The molecule has 1 unspecified atom stereocenters. The predicted molar refractivity (Wildman–Crippen MR) is 67.2 cm³/mol. The number of nitrogens with one attached hydrogen (secondary N) is 1. The van der Waals surface area contributed by atoms with Crippen molar-refractivity contribution in [3.63, 3.8) is 0 Å². The molecule has 1 amide bonds. The summed E-state index contributed by atoms with van der Waals surface area (Å²) >= 11 is 0. The van der Waals surface area contributed by atoms with Gasteiger partial charge in [0.15, 0.2) is 0 Å². The van der Waals surface area contributed by atoms with E-state index in [1.165, 1.54) is 11.1 Å². The highest BCUT2D eigenvalue weighted by atomic mass is 16.4. The van der Waals surface area contributed by atoms with Crippen LogP contribution >= 0.6 is 0 Å². The van der Waals surface area contributed by atoms with E-state index in [9.17, 15) is 9.59 Å². The summed E-state index contributed by atoms with van der Waals surface area (Å²) in [5.41, 5.74) is 2.60. The lowest BCUT2D eigenvalue weighted by atomic mass is 9.88. The zero-order valence-electron chi connectivity index (χ0n) is 9.93. The van der Waals surface area contributed by atoms with Gasteiger partial charge in [0.05, 0.1) is 0 Å². The van der Waals surface area contributed by atoms with Gasteiger partial charge in [0.2, 0.25) is 5.91 Å². The maximum absolute atomic E-state index is 11.5. The first kappa shape index (κ1) is 12.4. The van der Waals surface area contributed by atoms with E-state index in [4.69, 9.17) is 5.11 Å². The molecule has 2 rings (SSSR count). The average molecular weight is 245 g/mol. The molecule has 94 valence electrons. The van der Waals surface area contributed by atoms with Crippen LogP contribution in [0, 0.1) is 0 Å². The van der Waals surface area contributed by atoms with Crippen LogP contribution in [0.15, 0.2) is 36.4 Å². The van der Waals surface area contributed by atoms with Crippen LogP contribution in [0.2, 0.25) is 0 Å². The Hall–Kier alpha value is -2.10. The van der Waals surface area contributed by atoms with Crippen LogP contribution in [0.1, 0.15) is 17.5 Å². The summed E-state index contributed by atoms with van der Waals surface area (Å²) in [6, 6.07) is 8.28. The van der Waals surface area contributed by atoms with Crippen LogP contribution < -0.4 is 5.32 Å². The number of hydrogen-bond acceptors (Lipinski definition) is 2. The monoisotopic (exact) mass is 245 g/mol. The highest BCUT2D eigenvalue weighted by Gasteiger charge is 2.18. The molecule has 0 saturated carbocycles. The van der Waals surface area contributed by atoms with Crippen molar-refractivity contribution >= 4 is 11.9 Å². The third-order valence-electron chi connectivity index (χ3n) is 3.07. The first-order valence-electron chi connectivity index (χ1n) is 5.93. The van der Waals surface area contributed by atoms with Gasteiger partial charge in [0.1, 0.15) is 0 Å². The number of benzene rings is 1. The molecular formula is C14H15NO3. The minimum atomic E-state index is -1.11. The number of carbonyl (C=O) groups excluding carboxylic acids is 1. The lowest BCUT2D eigenvalue weighted by Gasteiger charge is -2.24. The zero-order chi connectivity index (χ0) is 13.0. The van der Waals surface area contributed by atoms with Crippen LogP contribution in [0.3, 0.4) is 0 Å². The molecule has 1 aliphatic rings. The van der Waals surface area contributed by atoms with Crippen molar-refractivity contribution in [2.24, 2.45) is 0 Å². The fourth-order valence-electron chi connectivity index (χ4n) is 2.22. The predicted octanol–water partition coefficient (Wildman–Crippen LogP) is 1.30. The molecule has 0 saturated heterocycles. The molecule has 4 heteroatoms. The third-order valence-corrected chi connectivity index (χ3v) is 3.07. The lowest BCUT2D eigenvalue weighted by molar-refractivity contribution is -0.131. The Bertz CT molecular complexity index is 494. The normalized spacial score (nSPS) is 18.3. The van der Waals surface area contributed by atoms with E-state index in [0.29, 0.717) is 0 Å². The Kier molecular flexibility index (Phi) is 3.77. The summed E-state index contributed by atoms with van der Waals surface area (Å²) in [4.78, 5) is 21.8. The summed E-state index contributed by atoms with van der Waals surface area (Å²) in [5.74, 6) is -1.46. The molecule has 0 aliphatic heterocycles. The maximum Gasteiger partial charge on any atom is 0.328 e. The van der Waals surface area contributed by atoms with E-state index in [0.717, 1.165) is 31.4 Å². The van der Waals surface area contributed by atoms with Crippen molar-refractivity contribution in [2.75, 3.05) is 0 Å². The van der Waals surface area contributed by atoms with Gasteiger partial charge in [-0.15, -0.1) is 0 Å². The number of aliphatic carboxylic acids is 1. The summed E-state index contributed by atoms with van der Waals surface area (Å²) in [7, 11) is 0. The first-order chi connectivity index (χ1) is 8.65. The lowest BCUT2D eigenvalue weighted by Crippen LogP contribution is -2.38. The summed E-state index contributed by atoms with van der Waals surface area (Å²) in [5, 5.41) is 11.3. The number of hydrogen-bond donors (Lipinski definition) is 2. The van der Waals surface area contributed by atoms with Crippen LogP contribution in [0.25, 0.3) is 0 Å². The van der Waals surface area contributed by atoms with Gasteiger partial charge in [0, 0.05) is 18.2 Å². The number of rotatable bonds is 3. The molecule has 18 heavy (non-hydrogen) atoms. The minimum Gasteiger partial charge on any atom is -0.478 e. The van der Waals surface area contributed by atoms with Crippen LogP contribution in [-0.2, 0) is 22.4 Å². The Morgan fingerprint density at radius 2 is 1.94 bits per heavy atom. The number of fused-ring (bicyclic) bond motifs is 1. The average Bonchev–Trinajstić information content (AvgIpc) is 2.36. The van der Waals surface area contributed by atoms with Crippen LogP contribution in [-0.4, -0.2) is 23.0 Å². The SMILES string of the molecule is O=C(O)C=CC(=O)NC1CCc2ccccc2C1. The molecule has 1 atom stereocenters. The molecule has 0 bridgehead atoms. The quantitative estimate of drug-likeness (QED) is 0.789. The highest BCUT2D eigenvalue weighted by Crippen LogP contribution is 2.20. The molecule has 0 aromatic heterocycles. The van der Waals surface area contributed by atoms with Crippen molar-refractivity contribution in [1.82, 2.24) is 5.32 Å². The summed E-state index contributed by atoms with van der Waals surface area (Å²) in [6.07, 6.45) is 4.56. The van der Waals surface area contributed by atoms with Gasteiger partial charge in [-0.1, -0.05) is 24.3 Å². The molecular weight excluding hydrogens is 230 g/mol. The van der Waals surface area contributed by atoms with Crippen molar-refractivity contribution in [3.05, 3.63) is 47.5 Å². The third kappa shape index (κ3) is 3.20. The summed E-state index contributed by atoms with van der Waals surface area (Å²) in [6.45, 7) is 0. The smallest absolute Gasteiger partial charge is 0.328 e. The van der Waals surface area contributed by atoms with Crippen LogP contribution in [0.4, 0.5) is 0 Å². The number of carboxylic acid groups (broad SMARTS) is 1. The van der Waals surface area contributed by atoms with Crippen LogP contribution in [0.5, 0.6) is 0 Å². The molecule has 4 nitrogen and oxygen atoms in total. The van der Waals surface area contributed by atoms with E-state index < -0.39 is 5.97 Å². The molecule has 0 spiro atoms. The maximum atomic E-state index is 11.5. The molecule has 1 aromatic rings. The molecule has 0 fully saturated rings. The van der Waals surface area contributed by atoms with Gasteiger partial charge >= 0.3 is 5.97 Å². The molecule has 1 aliphatic carbocycles. The highest BCUT2D eigenvalue weighted by molar-refractivity contribution is 5.94. The van der Waals surface area contributed by atoms with Gasteiger partial charge in [-0.05, 0) is 30.4 Å². The largest absolute Gasteiger partial charge is 0.478 e. The Balaban J connectivity index is 1.94. The van der Waals surface area contributed by atoms with Gasteiger partial charge in [0.25, 0.3) is 0 Å². The number of amides is 1. The second kappa shape index (κ2) is 5.49. The second-order valence-electron chi connectivity index (χ2n) is 4.39. The number of aryl methyl sites for hydroxylation is 1. The second-order valence-corrected chi connectivity index (χ2v) is 4.39. The van der Waals surface area contributed by atoms with Crippen molar-refractivity contribution in [1.29, 1.82) is 0 Å². The standard InChI is InChI=1S/C14H15NO3/c16-13(7-8-14(17)18)15-12-6-5-10-3-1-2-4-11(10)9-12/h1-4,7-8,12H,5-6,9H2,(H,15,16)(H,17,18). The van der Waals surface area contributed by atoms with Gasteiger partial charge in [-0.2, -0.15) is 0 Å².